The summed E-state index contributed by atoms with van der Waals surface area (Å²) in [4.78, 5) is 12.2. The van der Waals surface area contributed by atoms with Gasteiger partial charge in [0.25, 0.3) is 5.91 Å². The van der Waals surface area contributed by atoms with Crippen molar-refractivity contribution in [2.75, 3.05) is 5.32 Å². The van der Waals surface area contributed by atoms with Crippen molar-refractivity contribution in [3.05, 3.63) is 76.4 Å². The molecule has 3 rings (SSSR count). The van der Waals surface area contributed by atoms with Crippen LogP contribution in [-0.2, 0) is 0 Å². The Kier molecular flexibility index (Phi) is 4.55. The van der Waals surface area contributed by atoms with Crippen molar-refractivity contribution in [1.82, 2.24) is 10.2 Å². The Bertz CT molecular complexity index is 816. The van der Waals surface area contributed by atoms with Gasteiger partial charge in [-0.1, -0.05) is 53.5 Å². The van der Waals surface area contributed by atoms with Crippen LogP contribution in [0.4, 0.5) is 5.69 Å². The van der Waals surface area contributed by atoms with Gasteiger partial charge in [-0.3, -0.25) is 4.79 Å². The Balaban J connectivity index is 1.78. The molecule has 1 heterocycles. The number of carbonyl (C=O) groups excluding carboxylic acids is 1. The number of hydrogen-bond donors (Lipinski definition) is 1. The highest BCUT2D eigenvalue weighted by molar-refractivity contribution is 6.35. The van der Waals surface area contributed by atoms with Crippen molar-refractivity contribution in [2.45, 2.75) is 0 Å². The molecule has 0 aliphatic carbocycles. The number of benzene rings is 2. The predicted molar refractivity (Wildman–Crippen MR) is 91.9 cm³/mol. The normalized spacial score (nSPS) is 10.3. The second-order valence-corrected chi connectivity index (χ2v) is 5.65. The third-order valence-corrected chi connectivity index (χ3v) is 3.52. The van der Waals surface area contributed by atoms with E-state index in [-0.39, 0.29) is 11.6 Å². The minimum atomic E-state index is -0.379. The molecule has 0 aliphatic rings. The molecule has 0 saturated heterocycles. The van der Waals surface area contributed by atoms with Crippen molar-refractivity contribution >= 4 is 34.8 Å². The molecule has 0 atom stereocenters. The van der Waals surface area contributed by atoms with E-state index in [0.29, 0.717) is 21.4 Å². The van der Waals surface area contributed by atoms with Crippen LogP contribution in [0, 0.1) is 0 Å². The van der Waals surface area contributed by atoms with E-state index in [4.69, 9.17) is 23.2 Å². The number of nitrogens with zero attached hydrogens (tertiary/aromatic N) is 2. The fourth-order valence-corrected chi connectivity index (χ4v) is 2.56. The summed E-state index contributed by atoms with van der Waals surface area (Å²) >= 11 is 11.8. The minimum Gasteiger partial charge on any atom is -0.320 e. The van der Waals surface area contributed by atoms with Gasteiger partial charge in [-0.25, -0.2) is 0 Å². The quantitative estimate of drug-likeness (QED) is 0.749. The van der Waals surface area contributed by atoms with Gasteiger partial charge in [0.15, 0.2) is 5.69 Å². The number of amides is 1. The Labute approximate surface area is 143 Å². The Morgan fingerprint density at radius 3 is 2.17 bits per heavy atom. The molecule has 1 aromatic heterocycles. The molecule has 4 nitrogen and oxygen atoms in total. The lowest BCUT2D eigenvalue weighted by molar-refractivity contribution is 0.102. The van der Waals surface area contributed by atoms with Gasteiger partial charge in [-0.15, -0.1) is 10.2 Å². The highest BCUT2D eigenvalue weighted by Crippen LogP contribution is 2.23. The molecule has 0 radical (unpaired) electrons. The van der Waals surface area contributed by atoms with Crippen LogP contribution < -0.4 is 5.32 Å². The molecule has 0 unspecified atom stereocenters. The first-order valence-corrected chi connectivity index (χ1v) is 7.54. The van der Waals surface area contributed by atoms with Crippen LogP contribution in [0.15, 0.2) is 60.7 Å². The summed E-state index contributed by atoms with van der Waals surface area (Å²) in [6, 6.07) is 17.8. The van der Waals surface area contributed by atoms with Crippen LogP contribution >= 0.6 is 23.2 Å². The summed E-state index contributed by atoms with van der Waals surface area (Å²) < 4.78 is 0. The van der Waals surface area contributed by atoms with E-state index >= 15 is 0 Å². The van der Waals surface area contributed by atoms with E-state index in [0.717, 1.165) is 5.56 Å². The van der Waals surface area contributed by atoms with E-state index in [1.54, 1.807) is 30.3 Å². The van der Waals surface area contributed by atoms with E-state index in [1.807, 2.05) is 30.3 Å². The standard InChI is InChI=1S/C17H11Cl2N3O/c18-12-8-13(19)10-14(9-12)20-17(23)16-7-6-15(21-22-16)11-4-2-1-3-5-11/h1-10H,(H,20,23). The van der Waals surface area contributed by atoms with Crippen LogP contribution in [-0.4, -0.2) is 16.1 Å². The lowest BCUT2D eigenvalue weighted by Gasteiger charge is -2.06. The van der Waals surface area contributed by atoms with Gasteiger partial charge < -0.3 is 5.32 Å². The first-order chi connectivity index (χ1) is 11.1. The van der Waals surface area contributed by atoms with Crippen molar-refractivity contribution in [3.63, 3.8) is 0 Å². The van der Waals surface area contributed by atoms with Gasteiger partial charge in [0.2, 0.25) is 0 Å². The molecule has 3 aromatic rings. The first-order valence-electron chi connectivity index (χ1n) is 6.78. The Morgan fingerprint density at radius 1 is 0.870 bits per heavy atom. The van der Waals surface area contributed by atoms with Crippen molar-refractivity contribution in [3.8, 4) is 11.3 Å². The van der Waals surface area contributed by atoms with Crippen LogP contribution in [0.3, 0.4) is 0 Å². The first kappa shape index (κ1) is 15.5. The molecule has 1 amide bonds. The molecule has 6 heteroatoms. The summed E-state index contributed by atoms with van der Waals surface area (Å²) in [5, 5.41) is 11.6. The average Bonchev–Trinajstić information content (AvgIpc) is 2.55. The minimum absolute atomic E-state index is 0.209. The molecule has 2 aromatic carbocycles. The maximum absolute atomic E-state index is 12.2. The smallest absolute Gasteiger partial charge is 0.276 e. The topological polar surface area (TPSA) is 54.9 Å². The number of aromatic nitrogens is 2. The van der Waals surface area contributed by atoms with Gasteiger partial charge in [-0.2, -0.15) is 0 Å². The zero-order valence-electron chi connectivity index (χ0n) is 11.8. The van der Waals surface area contributed by atoms with E-state index < -0.39 is 0 Å². The van der Waals surface area contributed by atoms with Crippen LogP contribution in [0.5, 0.6) is 0 Å². The maximum atomic E-state index is 12.2. The fourth-order valence-electron chi connectivity index (χ4n) is 2.04. The molecule has 0 spiro atoms. The number of nitrogens with one attached hydrogen (secondary N) is 1. The van der Waals surface area contributed by atoms with Gasteiger partial charge in [0.05, 0.1) is 5.69 Å². The Hall–Kier alpha value is -2.43. The van der Waals surface area contributed by atoms with Crippen molar-refractivity contribution < 1.29 is 4.79 Å². The second-order valence-electron chi connectivity index (χ2n) is 4.78. The third kappa shape index (κ3) is 3.86. The van der Waals surface area contributed by atoms with Gasteiger partial charge in [0, 0.05) is 21.3 Å². The molecule has 0 aliphatic heterocycles. The summed E-state index contributed by atoms with van der Waals surface area (Å²) in [7, 11) is 0. The van der Waals surface area contributed by atoms with Crippen LogP contribution in [0.2, 0.25) is 10.0 Å². The lowest BCUT2D eigenvalue weighted by atomic mass is 10.1. The summed E-state index contributed by atoms with van der Waals surface area (Å²) in [6.07, 6.45) is 0. The molecular weight excluding hydrogens is 333 g/mol. The van der Waals surface area contributed by atoms with Crippen LogP contribution in [0.1, 0.15) is 10.5 Å². The summed E-state index contributed by atoms with van der Waals surface area (Å²) in [5.74, 6) is -0.379. The average molecular weight is 344 g/mol. The largest absolute Gasteiger partial charge is 0.320 e. The zero-order chi connectivity index (χ0) is 16.2. The molecule has 0 saturated carbocycles. The summed E-state index contributed by atoms with van der Waals surface area (Å²) in [6.45, 7) is 0. The SMILES string of the molecule is O=C(Nc1cc(Cl)cc(Cl)c1)c1ccc(-c2ccccc2)nn1. The van der Waals surface area contributed by atoms with E-state index in [2.05, 4.69) is 15.5 Å². The molecule has 0 bridgehead atoms. The zero-order valence-corrected chi connectivity index (χ0v) is 13.3. The highest BCUT2D eigenvalue weighted by Gasteiger charge is 2.10. The number of rotatable bonds is 3. The van der Waals surface area contributed by atoms with Gasteiger partial charge in [0.1, 0.15) is 0 Å². The molecule has 1 N–H and O–H groups in total. The third-order valence-electron chi connectivity index (χ3n) is 3.09. The second kappa shape index (κ2) is 6.77. The number of halogens is 2. The molecule has 23 heavy (non-hydrogen) atoms. The van der Waals surface area contributed by atoms with E-state index in [9.17, 15) is 4.79 Å². The van der Waals surface area contributed by atoms with Crippen molar-refractivity contribution in [1.29, 1.82) is 0 Å². The maximum Gasteiger partial charge on any atom is 0.276 e. The van der Waals surface area contributed by atoms with E-state index in [1.165, 1.54) is 0 Å². The lowest BCUT2D eigenvalue weighted by Crippen LogP contribution is -2.14. The highest BCUT2D eigenvalue weighted by atomic mass is 35.5. The molecule has 114 valence electrons. The summed E-state index contributed by atoms with van der Waals surface area (Å²) in [5.41, 5.74) is 2.35. The Morgan fingerprint density at radius 2 is 1.57 bits per heavy atom. The van der Waals surface area contributed by atoms with Gasteiger partial charge in [-0.05, 0) is 30.3 Å². The van der Waals surface area contributed by atoms with Crippen LogP contribution in [0.25, 0.3) is 11.3 Å². The molecular formula is C17H11Cl2N3O. The number of carbonyl (C=O) groups is 1. The molecule has 0 fully saturated rings. The van der Waals surface area contributed by atoms with Gasteiger partial charge >= 0.3 is 0 Å². The monoisotopic (exact) mass is 343 g/mol. The predicted octanol–water partition coefficient (Wildman–Crippen LogP) is 4.70. The fraction of sp³-hybridized carbons (Fsp3) is 0. The number of hydrogen-bond acceptors (Lipinski definition) is 3. The van der Waals surface area contributed by atoms with Crippen molar-refractivity contribution in [2.24, 2.45) is 0 Å². The number of anilines is 1.